The van der Waals surface area contributed by atoms with E-state index in [2.05, 4.69) is 6.92 Å². The largest absolute Gasteiger partial charge is 0.479 e. The van der Waals surface area contributed by atoms with Crippen LogP contribution in [0.25, 0.3) is 0 Å². The van der Waals surface area contributed by atoms with Gasteiger partial charge in [-0.25, -0.2) is 4.79 Å². The molecule has 0 aromatic heterocycles. The number of benzene rings is 1. The van der Waals surface area contributed by atoms with Crippen LogP contribution in [-0.4, -0.2) is 23.8 Å². The highest BCUT2D eigenvalue weighted by atomic mass is 16.5. The number of hydrogen-bond acceptors (Lipinski definition) is 2. The van der Waals surface area contributed by atoms with Crippen molar-refractivity contribution in [1.29, 1.82) is 0 Å². The molecule has 0 aliphatic carbocycles. The summed E-state index contributed by atoms with van der Waals surface area (Å²) >= 11 is 0. The van der Waals surface area contributed by atoms with Gasteiger partial charge in [0.05, 0.1) is 0 Å². The predicted molar refractivity (Wildman–Crippen MR) is 76.3 cm³/mol. The molecule has 0 saturated heterocycles. The van der Waals surface area contributed by atoms with Crippen LogP contribution in [0.3, 0.4) is 0 Å². The lowest BCUT2D eigenvalue weighted by molar-refractivity contribution is -0.150. The third-order valence-corrected chi connectivity index (χ3v) is 3.11. The molecule has 0 spiro atoms. The van der Waals surface area contributed by atoms with Crippen molar-refractivity contribution in [3.05, 3.63) is 35.9 Å². The smallest absolute Gasteiger partial charge is 0.333 e. The van der Waals surface area contributed by atoms with Crippen LogP contribution >= 0.6 is 0 Å². The molecule has 0 heterocycles. The molecule has 19 heavy (non-hydrogen) atoms. The normalized spacial score (nSPS) is 12.3. The molecule has 1 atom stereocenters. The van der Waals surface area contributed by atoms with Gasteiger partial charge in [-0.2, -0.15) is 0 Å². The van der Waals surface area contributed by atoms with Crippen molar-refractivity contribution in [2.75, 3.05) is 6.61 Å². The van der Waals surface area contributed by atoms with Crippen molar-refractivity contribution >= 4 is 5.97 Å². The number of carboxylic acids is 1. The van der Waals surface area contributed by atoms with Crippen LogP contribution in [0.4, 0.5) is 0 Å². The molecular formula is C16H24O3. The maximum Gasteiger partial charge on any atom is 0.333 e. The molecule has 1 aromatic carbocycles. The maximum absolute atomic E-state index is 11.1. The Morgan fingerprint density at radius 2 is 1.84 bits per heavy atom. The summed E-state index contributed by atoms with van der Waals surface area (Å²) in [6.07, 6.45) is 5.43. The minimum atomic E-state index is -0.877. The lowest BCUT2D eigenvalue weighted by atomic mass is 10.1. The van der Waals surface area contributed by atoms with E-state index < -0.39 is 12.1 Å². The molecule has 0 aliphatic rings. The fourth-order valence-corrected chi connectivity index (χ4v) is 1.98. The van der Waals surface area contributed by atoms with Gasteiger partial charge >= 0.3 is 5.97 Å². The first-order valence-corrected chi connectivity index (χ1v) is 7.12. The van der Waals surface area contributed by atoms with Gasteiger partial charge in [0.15, 0.2) is 6.10 Å². The number of ether oxygens (including phenoxy) is 1. The maximum atomic E-state index is 11.1. The first-order chi connectivity index (χ1) is 9.24. The monoisotopic (exact) mass is 264 g/mol. The average Bonchev–Trinajstić information content (AvgIpc) is 2.42. The molecular weight excluding hydrogens is 240 g/mol. The Bertz CT molecular complexity index is 348. The molecule has 0 fully saturated rings. The van der Waals surface area contributed by atoms with Crippen LogP contribution in [0.2, 0.25) is 0 Å². The Hall–Kier alpha value is -1.35. The summed E-state index contributed by atoms with van der Waals surface area (Å²) in [5.74, 6) is -0.877. The zero-order valence-electron chi connectivity index (χ0n) is 11.7. The molecule has 3 heteroatoms. The minimum Gasteiger partial charge on any atom is -0.479 e. The van der Waals surface area contributed by atoms with Gasteiger partial charge in [-0.15, -0.1) is 0 Å². The van der Waals surface area contributed by atoms with Gasteiger partial charge in [-0.1, -0.05) is 62.9 Å². The Labute approximate surface area is 115 Å². The molecule has 1 N–H and O–H groups in total. The molecule has 106 valence electrons. The third kappa shape index (κ3) is 6.97. The summed E-state index contributed by atoms with van der Waals surface area (Å²) in [4.78, 5) is 11.1. The van der Waals surface area contributed by atoms with E-state index in [1.54, 1.807) is 0 Å². The number of rotatable bonds is 10. The highest BCUT2D eigenvalue weighted by Crippen LogP contribution is 2.08. The van der Waals surface area contributed by atoms with Crippen molar-refractivity contribution in [1.82, 2.24) is 0 Å². The second-order valence-electron chi connectivity index (χ2n) is 4.80. The Morgan fingerprint density at radius 3 is 2.47 bits per heavy atom. The lowest BCUT2D eigenvalue weighted by Gasteiger charge is -2.13. The predicted octanol–water partition coefficient (Wildman–Crippen LogP) is 3.67. The van der Waals surface area contributed by atoms with E-state index in [0.29, 0.717) is 13.0 Å². The van der Waals surface area contributed by atoms with Crippen LogP contribution in [0, 0.1) is 0 Å². The van der Waals surface area contributed by atoms with Crippen molar-refractivity contribution in [3.63, 3.8) is 0 Å². The minimum absolute atomic E-state index is 0.436. The second kappa shape index (κ2) is 9.56. The van der Waals surface area contributed by atoms with Crippen LogP contribution in [-0.2, 0) is 16.0 Å². The van der Waals surface area contributed by atoms with E-state index in [4.69, 9.17) is 9.84 Å². The number of unbranched alkanes of at least 4 members (excludes halogenated alkanes) is 4. The van der Waals surface area contributed by atoms with Crippen LogP contribution in [0.5, 0.6) is 0 Å². The van der Waals surface area contributed by atoms with Crippen molar-refractivity contribution < 1.29 is 14.6 Å². The fraction of sp³-hybridized carbons (Fsp3) is 0.562. The third-order valence-electron chi connectivity index (χ3n) is 3.11. The van der Waals surface area contributed by atoms with Crippen molar-refractivity contribution in [2.24, 2.45) is 0 Å². The highest BCUT2D eigenvalue weighted by molar-refractivity contribution is 5.72. The Balaban J connectivity index is 2.27. The molecule has 1 rings (SSSR count). The van der Waals surface area contributed by atoms with Gasteiger partial charge in [0, 0.05) is 13.0 Å². The van der Waals surface area contributed by atoms with Crippen LogP contribution < -0.4 is 0 Å². The van der Waals surface area contributed by atoms with Gasteiger partial charge < -0.3 is 9.84 Å². The first kappa shape index (κ1) is 15.7. The number of hydrogen-bond donors (Lipinski definition) is 1. The topological polar surface area (TPSA) is 46.5 Å². The zero-order chi connectivity index (χ0) is 13.9. The molecule has 0 radical (unpaired) electrons. The van der Waals surface area contributed by atoms with E-state index in [1.807, 2.05) is 30.3 Å². The fourth-order valence-electron chi connectivity index (χ4n) is 1.98. The Morgan fingerprint density at radius 1 is 1.16 bits per heavy atom. The molecule has 3 nitrogen and oxygen atoms in total. The second-order valence-corrected chi connectivity index (χ2v) is 4.80. The van der Waals surface area contributed by atoms with Gasteiger partial charge in [0.2, 0.25) is 0 Å². The van der Waals surface area contributed by atoms with E-state index >= 15 is 0 Å². The number of aliphatic carboxylic acids is 1. The van der Waals surface area contributed by atoms with Crippen molar-refractivity contribution in [3.8, 4) is 0 Å². The van der Waals surface area contributed by atoms with Gasteiger partial charge in [0.1, 0.15) is 0 Å². The van der Waals surface area contributed by atoms with E-state index in [-0.39, 0.29) is 0 Å². The van der Waals surface area contributed by atoms with E-state index in [9.17, 15) is 4.79 Å². The quantitative estimate of drug-likeness (QED) is 0.656. The molecule has 1 aromatic rings. The highest BCUT2D eigenvalue weighted by Gasteiger charge is 2.18. The molecule has 1 unspecified atom stereocenters. The van der Waals surface area contributed by atoms with Gasteiger partial charge in [-0.3, -0.25) is 0 Å². The number of carboxylic acid groups (broad SMARTS) is 1. The molecule has 0 amide bonds. The van der Waals surface area contributed by atoms with E-state index in [1.165, 1.54) is 19.3 Å². The molecule has 0 aliphatic heterocycles. The summed E-state index contributed by atoms with van der Waals surface area (Å²) in [5.41, 5.74) is 1.00. The summed E-state index contributed by atoms with van der Waals surface area (Å²) < 4.78 is 5.49. The van der Waals surface area contributed by atoms with Crippen molar-refractivity contribution in [2.45, 2.75) is 51.6 Å². The standard InChI is InChI=1S/C16H24O3/c1-2-3-4-5-9-12-19-15(16(17)18)13-14-10-7-6-8-11-14/h6-8,10-11,15H,2-5,9,12-13H2,1H3,(H,17,18). The first-order valence-electron chi connectivity index (χ1n) is 7.12. The number of carbonyl (C=O) groups is 1. The molecule has 0 bridgehead atoms. The van der Waals surface area contributed by atoms with Crippen LogP contribution in [0.15, 0.2) is 30.3 Å². The summed E-state index contributed by atoms with van der Waals surface area (Å²) in [5, 5.41) is 9.15. The van der Waals surface area contributed by atoms with Crippen LogP contribution in [0.1, 0.15) is 44.6 Å². The summed E-state index contributed by atoms with van der Waals surface area (Å²) in [7, 11) is 0. The SMILES string of the molecule is CCCCCCCOC(Cc1ccccc1)C(=O)O. The molecule has 0 saturated carbocycles. The summed E-state index contributed by atoms with van der Waals surface area (Å²) in [6, 6.07) is 9.62. The van der Waals surface area contributed by atoms with Gasteiger partial charge in [-0.05, 0) is 12.0 Å². The van der Waals surface area contributed by atoms with E-state index in [0.717, 1.165) is 18.4 Å². The summed E-state index contributed by atoms with van der Waals surface area (Å²) in [6.45, 7) is 2.71. The average molecular weight is 264 g/mol. The van der Waals surface area contributed by atoms with Gasteiger partial charge in [0.25, 0.3) is 0 Å². The lowest BCUT2D eigenvalue weighted by Crippen LogP contribution is -2.26. The Kier molecular flexibility index (Phi) is 7.91. The zero-order valence-corrected chi connectivity index (χ0v) is 11.7.